The maximum atomic E-state index is 5.23. The van der Waals surface area contributed by atoms with Gasteiger partial charge in [0.25, 0.3) is 0 Å². The van der Waals surface area contributed by atoms with Gasteiger partial charge in [-0.05, 0) is 0 Å². The highest BCUT2D eigenvalue weighted by molar-refractivity contribution is 7.80. The van der Waals surface area contributed by atoms with Crippen molar-refractivity contribution in [3.05, 3.63) is 0 Å². The summed E-state index contributed by atoms with van der Waals surface area (Å²) < 4.78 is 5.23. The Labute approximate surface area is 73.5 Å². The molecule has 0 bridgehead atoms. The van der Waals surface area contributed by atoms with Gasteiger partial charge in [-0.3, -0.25) is 4.90 Å². The molecule has 0 aromatic rings. The summed E-state index contributed by atoms with van der Waals surface area (Å²) >= 11 is 4.06. The highest BCUT2D eigenvalue weighted by Gasteiger charge is 2.08. The Morgan fingerprint density at radius 3 is 2.73 bits per heavy atom. The molecule has 0 saturated carbocycles. The van der Waals surface area contributed by atoms with E-state index in [1.807, 2.05) is 0 Å². The lowest BCUT2D eigenvalue weighted by atomic mass is 10.4. The van der Waals surface area contributed by atoms with Gasteiger partial charge in [-0.15, -0.1) is 0 Å². The zero-order valence-electron chi connectivity index (χ0n) is 6.75. The van der Waals surface area contributed by atoms with Gasteiger partial charge in [-0.1, -0.05) is 0 Å². The van der Waals surface area contributed by atoms with Gasteiger partial charge in [-0.2, -0.15) is 12.6 Å². The third kappa shape index (κ3) is 3.96. The summed E-state index contributed by atoms with van der Waals surface area (Å²) in [5.74, 6) is 0.768. The molecule has 1 rings (SSSR count). The number of morpholine rings is 1. The molecule has 0 aromatic heterocycles. The predicted octanol–water partition coefficient (Wildman–Crippen LogP) is -0.204. The van der Waals surface area contributed by atoms with Crippen molar-refractivity contribution >= 4 is 12.6 Å². The molecule has 1 N–H and O–H groups in total. The van der Waals surface area contributed by atoms with E-state index in [2.05, 4.69) is 22.8 Å². The van der Waals surface area contributed by atoms with E-state index in [-0.39, 0.29) is 0 Å². The van der Waals surface area contributed by atoms with Crippen molar-refractivity contribution in [2.75, 3.05) is 45.3 Å². The van der Waals surface area contributed by atoms with Gasteiger partial charge in [0.15, 0.2) is 0 Å². The van der Waals surface area contributed by atoms with Crippen LogP contribution in [0.5, 0.6) is 0 Å². The van der Waals surface area contributed by atoms with Crippen LogP contribution >= 0.6 is 12.6 Å². The van der Waals surface area contributed by atoms with Crippen molar-refractivity contribution < 1.29 is 4.74 Å². The van der Waals surface area contributed by atoms with Crippen LogP contribution in [0, 0.1) is 0 Å². The molecule has 1 fully saturated rings. The SMILES string of the molecule is SCNCCN1CCOCC1. The van der Waals surface area contributed by atoms with E-state index in [1.165, 1.54) is 0 Å². The van der Waals surface area contributed by atoms with Crippen LogP contribution in [-0.4, -0.2) is 50.2 Å². The van der Waals surface area contributed by atoms with Crippen molar-refractivity contribution in [3.63, 3.8) is 0 Å². The molecule has 0 atom stereocenters. The standard InChI is InChI=1S/C7H16N2OS/c11-7-8-1-2-9-3-5-10-6-4-9/h8,11H,1-7H2. The molecule has 0 aliphatic carbocycles. The minimum Gasteiger partial charge on any atom is -0.379 e. The summed E-state index contributed by atoms with van der Waals surface area (Å²) in [7, 11) is 0. The first-order valence-electron chi connectivity index (χ1n) is 4.05. The fourth-order valence-corrected chi connectivity index (χ4v) is 1.30. The second-order valence-corrected chi connectivity index (χ2v) is 2.93. The number of nitrogens with one attached hydrogen (secondary N) is 1. The Kier molecular flexibility index (Phi) is 4.94. The first kappa shape index (κ1) is 9.32. The highest BCUT2D eigenvalue weighted by atomic mass is 32.1. The molecule has 0 unspecified atom stereocenters. The molecule has 1 heterocycles. The molecule has 3 nitrogen and oxygen atoms in total. The van der Waals surface area contributed by atoms with E-state index in [0.29, 0.717) is 0 Å². The Hall–Kier alpha value is 0.230. The summed E-state index contributed by atoms with van der Waals surface area (Å²) in [6.07, 6.45) is 0. The third-order valence-electron chi connectivity index (χ3n) is 1.82. The lowest BCUT2D eigenvalue weighted by Gasteiger charge is -2.26. The maximum Gasteiger partial charge on any atom is 0.0594 e. The van der Waals surface area contributed by atoms with Crippen molar-refractivity contribution in [1.29, 1.82) is 0 Å². The first-order valence-corrected chi connectivity index (χ1v) is 4.68. The number of hydrogen-bond donors (Lipinski definition) is 2. The molecule has 11 heavy (non-hydrogen) atoms. The average Bonchev–Trinajstić information content (AvgIpc) is 2.07. The van der Waals surface area contributed by atoms with E-state index >= 15 is 0 Å². The largest absolute Gasteiger partial charge is 0.379 e. The fraction of sp³-hybridized carbons (Fsp3) is 1.00. The summed E-state index contributed by atoms with van der Waals surface area (Å²) in [6.45, 7) is 6.08. The normalized spacial score (nSPS) is 20.5. The summed E-state index contributed by atoms with van der Waals surface area (Å²) in [6, 6.07) is 0. The van der Waals surface area contributed by atoms with E-state index in [9.17, 15) is 0 Å². The van der Waals surface area contributed by atoms with Crippen LogP contribution in [0.1, 0.15) is 0 Å². The zero-order chi connectivity index (χ0) is 7.94. The van der Waals surface area contributed by atoms with Crippen LogP contribution in [0.15, 0.2) is 0 Å². The lowest BCUT2D eigenvalue weighted by molar-refractivity contribution is 0.0386. The van der Waals surface area contributed by atoms with Crippen molar-refractivity contribution in [2.45, 2.75) is 0 Å². The van der Waals surface area contributed by atoms with Crippen molar-refractivity contribution in [1.82, 2.24) is 10.2 Å². The monoisotopic (exact) mass is 176 g/mol. The molecule has 0 spiro atoms. The number of nitrogens with zero attached hydrogens (tertiary/aromatic N) is 1. The number of thiol groups is 1. The van der Waals surface area contributed by atoms with E-state index in [4.69, 9.17) is 4.74 Å². The lowest BCUT2D eigenvalue weighted by Crippen LogP contribution is -2.40. The van der Waals surface area contributed by atoms with Crippen molar-refractivity contribution in [3.8, 4) is 0 Å². The minimum atomic E-state index is 0.768. The summed E-state index contributed by atoms with van der Waals surface area (Å²) in [5.41, 5.74) is 0. The van der Waals surface area contributed by atoms with Gasteiger partial charge in [0.2, 0.25) is 0 Å². The second kappa shape index (κ2) is 5.83. The highest BCUT2D eigenvalue weighted by Crippen LogP contribution is 1.94. The molecule has 0 radical (unpaired) electrons. The van der Waals surface area contributed by atoms with Gasteiger partial charge < -0.3 is 10.1 Å². The van der Waals surface area contributed by atoms with Crippen LogP contribution in [-0.2, 0) is 4.74 Å². The number of rotatable bonds is 4. The Morgan fingerprint density at radius 2 is 2.09 bits per heavy atom. The van der Waals surface area contributed by atoms with E-state index < -0.39 is 0 Å². The van der Waals surface area contributed by atoms with Crippen LogP contribution in [0.3, 0.4) is 0 Å². The molecule has 66 valence electrons. The molecule has 1 saturated heterocycles. The maximum absolute atomic E-state index is 5.23. The van der Waals surface area contributed by atoms with Crippen molar-refractivity contribution in [2.24, 2.45) is 0 Å². The second-order valence-electron chi connectivity index (χ2n) is 2.61. The average molecular weight is 176 g/mol. The van der Waals surface area contributed by atoms with Gasteiger partial charge in [0.1, 0.15) is 0 Å². The Bertz CT molecular complexity index is 96.4. The zero-order valence-corrected chi connectivity index (χ0v) is 7.65. The smallest absolute Gasteiger partial charge is 0.0594 e. The Balaban J connectivity index is 1.96. The van der Waals surface area contributed by atoms with E-state index in [1.54, 1.807) is 0 Å². The molecule has 4 heteroatoms. The quantitative estimate of drug-likeness (QED) is 0.352. The van der Waals surface area contributed by atoms with Gasteiger partial charge in [0.05, 0.1) is 13.2 Å². The van der Waals surface area contributed by atoms with E-state index in [0.717, 1.165) is 45.3 Å². The van der Waals surface area contributed by atoms with Crippen LogP contribution in [0.25, 0.3) is 0 Å². The Morgan fingerprint density at radius 1 is 1.36 bits per heavy atom. The minimum absolute atomic E-state index is 0.768. The number of hydrogen-bond acceptors (Lipinski definition) is 4. The molecule has 0 aromatic carbocycles. The van der Waals surface area contributed by atoms with Gasteiger partial charge >= 0.3 is 0 Å². The topological polar surface area (TPSA) is 24.5 Å². The first-order chi connectivity index (χ1) is 5.43. The van der Waals surface area contributed by atoms with Gasteiger partial charge in [-0.25, -0.2) is 0 Å². The van der Waals surface area contributed by atoms with Crippen LogP contribution in [0.2, 0.25) is 0 Å². The predicted molar refractivity (Wildman–Crippen MR) is 49.1 cm³/mol. The third-order valence-corrected chi connectivity index (χ3v) is 2.04. The van der Waals surface area contributed by atoms with Gasteiger partial charge in [0, 0.05) is 32.1 Å². The summed E-state index contributed by atoms with van der Waals surface area (Å²) in [5, 5.41) is 3.18. The molecular weight excluding hydrogens is 160 g/mol. The molecular formula is C7H16N2OS. The fourth-order valence-electron chi connectivity index (χ4n) is 1.14. The van der Waals surface area contributed by atoms with Crippen LogP contribution in [0.4, 0.5) is 0 Å². The van der Waals surface area contributed by atoms with Crippen LogP contribution < -0.4 is 5.32 Å². The number of ether oxygens (including phenoxy) is 1. The summed E-state index contributed by atoms with van der Waals surface area (Å²) in [4.78, 5) is 2.40. The molecule has 1 aliphatic rings. The molecule has 1 aliphatic heterocycles. The molecule has 0 amide bonds.